The van der Waals surface area contributed by atoms with Crippen molar-refractivity contribution in [2.75, 3.05) is 18.4 Å². The molecule has 0 spiro atoms. The number of aryl methyl sites for hydroxylation is 1. The molecule has 2 aromatic rings. The molecule has 2 N–H and O–H groups in total. The van der Waals surface area contributed by atoms with Crippen LogP contribution >= 0.6 is 15.9 Å². The lowest BCUT2D eigenvalue weighted by Gasteiger charge is -2.39. The van der Waals surface area contributed by atoms with Gasteiger partial charge in [-0.2, -0.15) is 0 Å². The average molecular weight is 462 g/mol. The molecule has 1 aliphatic rings. The van der Waals surface area contributed by atoms with Gasteiger partial charge in [-0.1, -0.05) is 40.2 Å². The third kappa shape index (κ3) is 5.15. The summed E-state index contributed by atoms with van der Waals surface area (Å²) in [5.74, 6) is -0.587. The zero-order valence-electron chi connectivity index (χ0n) is 16.6. The minimum Gasteiger partial charge on any atom is -0.351 e. The van der Waals surface area contributed by atoms with Crippen molar-refractivity contribution in [1.82, 2.24) is 10.2 Å². The minimum atomic E-state index is -0.684. The maximum absolute atomic E-state index is 14.0. The fourth-order valence-electron chi connectivity index (χ4n) is 3.58. The van der Waals surface area contributed by atoms with E-state index in [4.69, 9.17) is 0 Å². The second-order valence-corrected chi connectivity index (χ2v) is 8.66. The van der Waals surface area contributed by atoms with Crippen LogP contribution < -0.4 is 10.6 Å². The number of likely N-dealkylation sites (tertiary alicyclic amines) is 1. The molecule has 1 aliphatic heterocycles. The summed E-state index contributed by atoms with van der Waals surface area (Å²) in [6, 6.07) is 12.0. The molecule has 1 fully saturated rings. The Balaban J connectivity index is 1.62. The standard InChI is InChI=1S/C22H25BrFN3O2/c1-15-6-3-4-7-16(15)13-25-20(28)22(2)10-5-11-27(14-22)21(29)26-19-9-8-17(23)12-18(19)24/h3-4,6-9,12H,5,10-11,13-14H2,1-2H3,(H,25,28)(H,26,29)/t22-/m0/s1. The zero-order chi connectivity index (χ0) is 21.0. The van der Waals surface area contributed by atoms with Gasteiger partial charge in [0.15, 0.2) is 0 Å². The number of nitrogens with one attached hydrogen (secondary N) is 2. The summed E-state index contributed by atoms with van der Waals surface area (Å²) < 4.78 is 14.6. The van der Waals surface area contributed by atoms with Crippen LogP contribution in [-0.4, -0.2) is 29.9 Å². The molecule has 7 heteroatoms. The zero-order valence-corrected chi connectivity index (χ0v) is 18.2. The van der Waals surface area contributed by atoms with Gasteiger partial charge in [0.1, 0.15) is 5.82 Å². The molecule has 3 amide bonds. The van der Waals surface area contributed by atoms with Crippen LogP contribution in [-0.2, 0) is 11.3 Å². The maximum atomic E-state index is 14.0. The molecule has 1 heterocycles. The molecule has 0 radical (unpaired) electrons. The molecule has 1 saturated heterocycles. The first kappa shape index (κ1) is 21.3. The van der Waals surface area contributed by atoms with E-state index in [0.29, 0.717) is 30.4 Å². The largest absolute Gasteiger partial charge is 0.351 e. The lowest BCUT2D eigenvalue weighted by molar-refractivity contribution is -0.132. The van der Waals surface area contributed by atoms with Crippen LogP contribution in [0.2, 0.25) is 0 Å². The second kappa shape index (κ2) is 8.95. The van der Waals surface area contributed by atoms with E-state index in [-0.39, 0.29) is 18.1 Å². The first-order chi connectivity index (χ1) is 13.8. The molecule has 2 aromatic carbocycles. The Bertz CT molecular complexity index is 921. The Morgan fingerprint density at radius 2 is 2.00 bits per heavy atom. The van der Waals surface area contributed by atoms with Gasteiger partial charge in [-0.05, 0) is 56.0 Å². The number of amides is 3. The summed E-state index contributed by atoms with van der Waals surface area (Å²) in [6.45, 7) is 5.16. The number of anilines is 1. The highest BCUT2D eigenvalue weighted by Crippen LogP contribution is 2.30. The van der Waals surface area contributed by atoms with Crippen LogP contribution in [0.3, 0.4) is 0 Å². The predicted molar refractivity (Wildman–Crippen MR) is 115 cm³/mol. The number of halogens is 2. The van der Waals surface area contributed by atoms with E-state index in [1.807, 2.05) is 38.1 Å². The van der Waals surface area contributed by atoms with Crippen molar-refractivity contribution in [2.45, 2.75) is 33.2 Å². The minimum absolute atomic E-state index is 0.0759. The van der Waals surface area contributed by atoms with Crippen molar-refractivity contribution in [3.63, 3.8) is 0 Å². The van der Waals surface area contributed by atoms with Gasteiger partial charge >= 0.3 is 6.03 Å². The van der Waals surface area contributed by atoms with Crippen molar-refractivity contribution in [3.05, 3.63) is 63.9 Å². The van der Waals surface area contributed by atoms with Gasteiger partial charge in [0.05, 0.1) is 11.1 Å². The third-order valence-corrected chi connectivity index (χ3v) is 5.90. The summed E-state index contributed by atoms with van der Waals surface area (Å²) in [5, 5.41) is 5.62. The van der Waals surface area contributed by atoms with Crippen molar-refractivity contribution < 1.29 is 14.0 Å². The Hall–Kier alpha value is -2.41. The van der Waals surface area contributed by atoms with Crippen molar-refractivity contribution >= 4 is 33.6 Å². The van der Waals surface area contributed by atoms with Gasteiger partial charge in [0.25, 0.3) is 0 Å². The van der Waals surface area contributed by atoms with Crippen LogP contribution in [0.5, 0.6) is 0 Å². The van der Waals surface area contributed by atoms with Crippen LogP contribution in [0, 0.1) is 18.2 Å². The number of benzene rings is 2. The highest BCUT2D eigenvalue weighted by Gasteiger charge is 2.39. The normalized spacial score (nSPS) is 19.0. The van der Waals surface area contributed by atoms with Crippen LogP contribution in [0.1, 0.15) is 30.9 Å². The van der Waals surface area contributed by atoms with E-state index >= 15 is 0 Å². The van der Waals surface area contributed by atoms with Gasteiger partial charge < -0.3 is 15.5 Å². The van der Waals surface area contributed by atoms with Gasteiger partial charge in [-0.3, -0.25) is 4.79 Å². The highest BCUT2D eigenvalue weighted by molar-refractivity contribution is 9.10. The van der Waals surface area contributed by atoms with E-state index in [2.05, 4.69) is 26.6 Å². The number of rotatable bonds is 4. The second-order valence-electron chi connectivity index (χ2n) is 7.75. The van der Waals surface area contributed by atoms with Gasteiger partial charge in [-0.15, -0.1) is 0 Å². The summed E-state index contributed by atoms with van der Waals surface area (Å²) in [6.07, 6.45) is 1.41. The monoisotopic (exact) mass is 461 g/mol. The predicted octanol–water partition coefficient (Wildman–Crippen LogP) is 4.85. The number of carbonyl (C=O) groups is 2. The summed E-state index contributed by atoms with van der Waals surface area (Å²) in [4.78, 5) is 27.1. The molecule has 3 rings (SSSR count). The fraction of sp³-hybridized carbons (Fsp3) is 0.364. The summed E-state index contributed by atoms with van der Waals surface area (Å²) >= 11 is 3.20. The van der Waals surface area contributed by atoms with Gasteiger partial charge in [0.2, 0.25) is 5.91 Å². The third-order valence-electron chi connectivity index (χ3n) is 5.41. The Labute approximate surface area is 178 Å². The molecule has 0 bridgehead atoms. The van der Waals surface area contributed by atoms with E-state index in [1.165, 1.54) is 12.1 Å². The topological polar surface area (TPSA) is 61.4 Å². The average Bonchev–Trinajstić information content (AvgIpc) is 2.69. The molecule has 0 aromatic heterocycles. The number of carbonyl (C=O) groups excluding carboxylic acids is 2. The first-order valence-corrected chi connectivity index (χ1v) is 10.4. The SMILES string of the molecule is Cc1ccccc1CNC(=O)[C@@]1(C)CCCN(C(=O)Nc2ccc(Br)cc2F)C1. The van der Waals surface area contributed by atoms with Gasteiger partial charge in [-0.25, -0.2) is 9.18 Å². The Morgan fingerprint density at radius 1 is 1.24 bits per heavy atom. The number of hydrogen-bond acceptors (Lipinski definition) is 2. The highest BCUT2D eigenvalue weighted by atomic mass is 79.9. The molecular weight excluding hydrogens is 437 g/mol. The summed E-state index contributed by atoms with van der Waals surface area (Å²) in [5.41, 5.74) is 1.63. The van der Waals surface area contributed by atoms with E-state index in [1.54, 1.807) is 11.0 Å². The number of urea groups is 1. The molecule has 0 unspecified atom stereocenters. The summed E-state index contributed by atoms with van der Waals surface area (Å²) in [7, 11) is 0. The number of nitrogens with zero attached hydrogens (tertiary/aromatic N) is 1. The molecule has 1 atom stereocenters. The van der Waals surface area contributed by atoms with Crippen molar-refractivity contribution in [1.29, 1.82) is 0 Å². The van der Waals surface area contributed by atoms with Crippen LogP contribution in [0.25, 0.3) is 0 Å². The molecule has 5 nitrogen and oxygen atoms in total. The van der Waals surface area contributed by atoms with Crippen molar-refractivity contribution in [3.8, 4) is 0 Å². The molecule has 154 valence electrons. The molecule has 0 aliphatic carbocycles. The van der Waals surface area contributed by atoms with E-state index in [0.717, 1.165) is 11.1 Å². The lowest BCUT2D eigenvalue weighted by Crippen LogP contribution is -2.52. The molecular formula is C22H25BrFN3O2. The molecule has 29 heavy (non-hydrogen) atoms. The quantitative estimate of drug-likeness (QED) is 0.683. The fourth-order valence-corrected chi connectivity index (χ4v) is 3.91. The Kier molecular flexibility index (Phi) is 6.57. The van der Waals surface area contributed by atoms with E-state index < -0.39 is 17.3 Å². The Morgan fingerprint density at radius 3 is 2.72 bits per heavy atom. The number of hydrogen-bond donors (Lipinski definition) is 2. The van der Waals surface area contributed by atoms with E-state index in [9.17, 15) is 14.0 Å². The smallest absolute Gasteiger partial charge is 0.321 e. The number of piperidine rings is 1. The van der Waals surface area contributed by atoms with Gasteiger partial charge in [0, 0.05) is 24.1 Å². The van der Waals surface area contributed by atoms with Crippen molar-refractivity contribution in [2.24, 2.45) is 5.41 Å². The first-order valence-electron chi connectivity index (χ1n) is 9.62. The van der Waals surface area contributed by atoms with Crippen LogP contribution in [0.4, 0.5) is 14.9 Å². The molecule has 0 saturated carbocycles. The van der Waals surface area contributed by atoms with Crippen LogP contribution in [0.15, 0.2) is 46.9 Å². The maximum Gasteiger partial charge on any atom is 0.321 e. The lowest BCUT2D eigenvalue weighted by atomic mass is 9.81.